The number of methoxy groups -OCH3 is 2. The molecule has 1 N–H and O–H groups in total. The standard InChI is InChI=1S/C19H15Cl2NO4/c1-24-15-6-11-13(7-16(15)25-2)22-14-8-26-19(23)18(14)17(11)10-4-3-9(20)5-12(10)21/h3-7,17,22H,8H2,1-2H3. The molecule has 0 saturated carbocycles. The topological polar surface area (TPSA) is 56.8 Å². The van der Waals surface area contributed by atoms with E-state index in [2.05, 4.69) is 5.32 Å². The van der Waals surface area contributed by atoms with Crippen LogP contribution in [-0.4, -0.2) is 26.8 Å². The van der Waals surface area contributed by atoms with Crippen molar-refractivity contribution < 1.29 is 19.0 Å². The van der Waals surface area contributed by atoms with Crippen molar-refractivity contribution in [2.75, 3.05) is 26.1 Å². The Labute approximate surface area is 160 Å². The van der Waals surface area contributed by atoms with Gasteiger partial charge in [-0.2, -0.15) is 0 Å². The van der Waals surface area contributed by atoms with E-state index in [1.165, 1.54) is 0 Å². The van der Waals surface area contributed by atoms with Crippen molar-refractivity contribution in [3.8, 4) is 11.5 Å². The van der Waals surface area contributed by atoms with Gasteiger partial charge in [0.15, 0.2) is 11.5 Å². The van der Waals surface area contributed by atoms with Gasteiger partial charge in [-0.25, -0.2) is 4.79 Å². The van der Waals surface area contributed by atoms with Gasteiger partial charge in [0, 0.05) is 27.7 Å². The minimum atomic E-state index is -0.388. The highest BCUT2D eigenvalue weighted by Crippen LogP contribution is 2.49. The summed E-state index contributed by atoms with van der Waals surface area (Å²) in [7, 11) is 3.15. The Bertz CT molecular complexity index is 955. The van der Waals surface area contributed by atoms with Crippen molar-refractivity contribution >= 4 is 34.9 Å². The van der Waals surface area contributed by atoms with Crippen LogP contribution in [0.5, 0.6) is 11.5 Å². The predicted octanol–water partition coefficient (Wildman–Crippen LogP) is 4.38. The molecule has 0 bridgehead atoms. The molecule has 2 aliphatic rings. The summed E-state index contributed by atoms with van der Waals surface area (Å²) in [4.78, 5) is 12.4. The van der Waals surface area contributed by atoms with Gasteiger partial charge in [0.2, 0.25) is 0 Å². The van der Waals surface area contributed by atoms with Crippen molar-refractivity contribution in [3.63, 3.8) is 0 Å². The van der Waals surface area contributed by atoms with Gasteiger partial charge in [-0.1, -0.05) is 29.3 Å². The van der Waals surface area contributed by atoms with Crippen molar-refractivity contribution in [1.29, 1.82) is 0 Å². The first-order valence-electron chi connectivity index (χ1n) is 7.91. The maximum Gasteiger partial charge on any atom is 0.337 e. The number of rotatable bonds is 3. The first kappa shape index (κ1) is 17.1. The summed E-state index contributed by atoms with van der Waals surface area (Å²) in [5, 5.41) is 4.29. The molecule has 7 heteroatoms. The number of nitrogens with one attached hydrogen (secondary N) is 1. The number of halogens is 2. The molecule has 2 heterocycles. The highest BCUT2D eigenvalue weighted by molar-refractivity contribution is 6.35. The summed E-state index contributed by atoms with van der Waals surface area (Å²) in [6, 6.07) is 8.95. The number of anilines is 1. The van der Waals surface area contributed by atoms with Crippen LogP contribution in [0.2, 0.25) is 10.0 Å². The fourth-order valence-corrected chi connectivity index (χ4v) is 3.95. The zero-order chi connectivity index (χ0) is 18.4. The van der Waals surface area contributed by atoms with Crippen LogP contribution in [0.1, 0.15) is 17.0 Å². The minimum absolute atomic E-state index is 0.198. The molecule has 1 unspecified atom stereocenters. The number of hydrogen-bond donors (Lipinski definition) is 1. The lowest BCUT2D eigenvalue weighted by atomic mass is 9.81. The number of fused-ring (bicyclic) bond motifs is 1. The number of hydrogen-bond acceptors (Lipinski definition) is 5. The van der Waals surface area contributed by atoms with Gasteiger partial charge in [-0.05, 0) is 29.3 Å². The Morgan fingerprint density at radius 3 is 2.50 bits per heavy atom. The smallest absolute Gasteiger partial charge is 0.337 e. The van der Waals surface area contributed by atoms with Crippen molar-refractivity contribution in [3.05, 3.63) is 62.8 Å². The molecule has 4 rings (SSSR count). The summed E-state index contributed by atoms with van der Waals surface area (Å²) >= 11 is 12.5. The predicted molar refractivity (Wildman–Crippen MR) is 99.5 cm³/mol. The monoisotopic (exact) mass is 391 g/mol. The highest BCUT2D eigenvalue weighted by Gasteiger charge is 2.39. The van der Waals surface area contributed by atoms with E-state index in [1.54, 1.807) is 26.4 Å². The molecule has 0 amide bonds. The average molecular weight is 392 g/mol. The van der Waals surface area contributed by atoms with Crippen LogP contribution in [0.25, 0.3) is 0 Å². The van der Waals surface area contributed by atoms with Crippen LogP contribution in [0.3, 0.4) is 0 Å². The van der Waals surface area contributed by atoms with Crippen LogP contribution >= 0.6 is 23.2 Å². The van der Waals surface area contributed by atoms with Crippen molar-refractivity contribution in [1.82, 2.24) is 0 Å². The summed E-state index contributed by atoms with van der Waals surface area (Å²) in [6.45, 7) is 0.198. The molecule has 5 nitrogen and oxygen atoms in total. The van der Waals surface area contributed by atoms with E-state index in [0.717, 1.165) is 22.5 Å². The molecule has 0 aromatic heterocycles. The second-order valence-electron chi connectivity index (χ2n) is 5.99. The molecule has 0 saturated heterocycles. The van der Waals surface area contributed by atoms with Crippen molar-refractivity contribution in [2.45, 2.75) is 5.92 Å². The first-order chi connectivity index (χ1) is 12.5. The maximum absolute atomic E-state index is 12.4. The SMILES string of the molecule is COc1cc2c(cc1OC)C(c1ccc(Cl)cc1Cl)C1=C(COC1=O)N2. The molecule has 1 atom stereocenters. The minimum Gasteiger partial charge on any atom is -0.493 e. The molecule has 2 aromatic rings. The number of carbonyl (C=O) groups excluding carboxylic acids is 1. The Morgan fingerprint density at radius 1 is 1.08 bits per heavy atom. The zero-order valence-electron chi connectivity index (χ0n) is 14.1. The van der Waals surface area contributed by atoms with Crippen LogP contribution in [0, 0.1) is 0 Å². The number of carbonyl (C=O) groups is 1. The van der Waals surface area contributed by atoms with Crippen LogP contribution in [-0.2, 0) is 9.53 Å². The zero-order valence-corrected chi connectivity index (χ0v) is 15.6. The molecular weight excluding hydrogens is 377 g/mol. The number of cyclic esters (lactones) is 1. The maximum atomic E-state index is 12.4. The van der Waals surface area contributed by atoms with E-state index < -0.39 is 0 Å². The van der Waals surface area contributed by atoms with Crippen LogP contribution in [0.15, 0.2) is 41.6 Å². The van der Waals surface area contributed by atoms with Gasteiger partial charge in [0.05, 0.1) is 25.5 Å². The molecule has 2 aliphatic heterocycles. The van der Waals surface area contributed by atoms with Crippen LogP contribution in [0.4, 0.5) is 5.69 Å². The second kappa shape index (κ2) is 6.41. The molecule has 0 spiro atoms. The molecule has 2 aromatic carbocycles. The third-order valence-corrected chi connectivity index (χ3v) is 5.17. The van der Waals surface area contributed by atoms with E-state index in [0.29, 0.717) is 27.1 Å². The van der Waals surface area contributed by atoms with Gasteiger partial charge in [0.1, 0.15) is 6.61 Å². The third kappa shape index (κ3) is 2.59. The van der Waals surface area contributed by atoms with Crippen LogP contribution < -0.4 is 14.8 Å². The lowest BCUT2D eigenvalue weighted by Crippen LogP contribution is -2.20. The van der Waals surface area contributed by atoms with E-state index in [1.807, 2.05) is 18.2 Å². The summed E-state index contributed by atoms with van der Waals surface area (Å²) < 4.78 is 16.1. The first-order valence-corrected chi connectivity index (χ1v) is 8.67. The Balaban J connectivity index is 1.97. The van der Waals surface area contributed by atoms with Gasteiger partial charge < -0.3 is 19.5 Å². The fraction of sp³-hybridized carbons (Fsp3) is 0.211. The highest BCUT2D eigenvalue weighted by atomic mass is 35.5. The van der Waals surface area contributed by atoms with Gasteiger partial charge in [-0.15, -0.1) is 0 Å². The summed E-state index contributed by atoms with van der Waals surface area (Å²) in [5.41, 5.74) is 3.72. The van der Waals surface area contributed by atoms with E-state index in [4.69, 9.17) is 37.4 Å². The largest absolute Gasteiger partial charge is 0.493 e. The summed E-state index contributed by atoms with van der Waals surface area (Å²) in [5.74, 6) is 0.414. The number of ether oxygens (including phenoxy) is 3. The lowest BCUT2D eigenvalue weighted by Gasteiger charge is -2.28. The molecule has 0 fully saturated rings. The lowest BCUT2D eigenvalue weighted by molar-refractivity contribution is -0.136. The van der Waals surface area contributed by atoms with E-state index in [9.17, 15) is 4.79 Å². The molecule has 134 valence electrons. The number of benzene rings is 2. The number of esters is 1. The van der Waals surface area contributed by atoms with E-state index >= 15 is 0 Å². The van der Waals surface area contributed by atoms with Crippen molar-refractivity contribution in [2.24, 2.45) is 0 Å². The normalized spacial score (nSPS) is 18.0. The molecule has 0 aliphatic carbocycles. The van der Waals surface area contributed by atoms with Gasteiger partial charge in [-0.3, -0.25) is 0 Å². The summed E-state index contributed by atoms with van der Waals surface area (Å²) in [6.07, 6.45) is 0. The average Bonchev–Trinajstić information content (AvgIpc) is 3.00. The molecule has 26 heavy (non-hydrogen) atoms. The Morgan fingerprint density at radius 2 is 1.81 bits per heavy atom. The second-order valence-corrected chi connectivity index (χ2v) is 6.83. The molecule has 0 radical (unpaired) electrons. The van der Waals surface area contributed by atoms with E-state index in [-0.39, 0.29) is 18.5 Å². The Hall–Kier alpha value is -2.37. The quantitative estimate of drug-likeness (QED) is 0.786. The third-order valence-electron chi connectivity index (χ3n) is 4.61. The fourth-order valence-electron chi connectivity index (χ4n) is 3.43. The van der Waals surface area contributed by atoms with Gasteiger partial charge >= 0.3 is 5.97 Å². The molecular formula is C19H15Cl2NO4. The Kier molecular flexibility index (Phi) is 4.21. The van der Waals surface area contributed by atoms with Gasteiger partial charge in [0.25, 0.3) is 0 Å².